The monoisotopic (exact) mass is 268 g/mol. The topological polar surface area (TPSA) is 73.5 Å². The molecule has 0 aliphatic carbocycles. The van der Waals surface area contributed by atoms with Crippen LogP contribution in [0.5, 0.6) is 5.75 Å². The molecule has 1 rings (SSSR count). The van der Waals surface area contributed by atoms with E-state index in [1.165, 1.54) is 6.33 Å². The Bertz CT molecular complexity index is 383. The maximum Gasteiger partial charge on any atom is 0.204 e. The Balaban J connectivity index is 3.12. The van der Waals surface area contributed by atoms with Crippen molar-refractivity contribution < 1.29 is 9.47 Å². The minimum Gasteiger partial charge on any atom is -0.490 e. The molecule has 6 heteroatoms. The summed E-state index contributed by atoms with van der Waals surface area (Å²) in [6.45, 7) is 5.69. The SMILES string of the molecule is CCC(CC)N(CCOC)c1ncnc(N)c1OC. The predicted molar refractivity (Wildman–Crippen MR) is 76.6 cm³/mol. The van der Waals surface area contributed by atoms with Gasteiger partial charge < -0.3 is 20.1 Å². The zero-order valence-electron chi connectivity index (χ0n) is 12.2. The van der Waals surface area contributed by atoms with Gasteiger partial charge >= 0.3 is 0 Å². The molecule has 19 heavy (non-hydrogen) atoms. The minimum atomic E-state index is 0.362. The number of methoxy groups -OCH3 is 2. The number of hydrogen-bond acceptors (Lipinski definition) is 6. The van der Waals surface area contributed by atoms with Gasteiger partial charge in [0.15, 0.2) is 11.6 Å². The Labute approximate surface area is 114 Å². The second-order valence-corrected chi connectivity index (χ2v) is 4.27. The maximum atomic E-state index is 5.85. The van der Waals surface area contributed by atoms with Gasteiger partial charge in [-0.05, 0) is 12.8 Å². The first-order valence-electron chi connectivity index (χ1n) is 6.59. The quantitative estimate of drug-likeness (QED) is 0.773. The van der Waals surface area contributed by atoms with E-state index in [2.05, 4.69) is 28.7 Å². The molecule has 0 fully saturated rings. The van der Waals surface area contributed by atoms with E-state index in [0.29, 0.717) is 24.2 Å². The van der Waals surface area contributed by atoms with E-state index >= 15 is 0 Å². The summed E-state index contributed by atoms with van der Waals surface area (Å²) in [4.78, 5) is 10.5. The van der Waals surface area contributed by atoms with E-state index in [0.717, 1.165) is 25.2 Å². The number of ether oxygens (including phenoxy) is 2. The van der Waals surface area contributed by atoms with Crippen LogP contribution in [0, 0.1) is 0 Å². The van der Waals surface area contributed by atoms with Crippen LogP contribution in [0.2, 0.25) is 0 Å². The third kappa shape index (κ3) is 3.70. The van der Waals surface area contributed by atoms with Gasteiger partial charge in [0.05, 0.1) is 13.7 Å². The van der Waals surface area contributed by atoms with Crippen LogP contribution in [0.4, 0.5) is 11.6 Å². The number of rotatable bonds is 8. The molecule has 2 N–H and O–H groups in total. The third-order valence-corrected chi connectivity index (χ3v) is 3.21. The van der Waals surface area contributed by atoms with Crippen LogP contribution in [0.25, 0.3) is 0 Å². The summed E-state index contributed by atoms with van der Waals surface area (Å²) in [5.74, 6) is 1.63. The smallest absolute Gasteiger partial charge is 0.204 e. The number of hydrogen-bond donors (Lipinski definition) is 1. The van der Waals surface area contributed by atoms with E-state index in [4.69, 9.17) is 15.2 Å². The van der Waals surface area contributed by atoms with Crippen LogP contribution in [0.3, 0.4) is 0 Å². The second kappa shape index (κ2) is 7.78. The summed E-state index contributed by atoms with van der Waals surface area (Å²) in [7, 11) is 3.27. The summed E-state index contributed by atoms with van der Waals surface area (Å²) in [6.07, 6.45) is 3.51. The van der Waals surface area contributed by atoms with Crippen LogP contribution in [-0.2, 0) is 4.74 Å². The molecule has 1 heterocycles. The van der Waals surface area contributed by atoms with Crippen molar-refractivity contribution in [2.75, 3.05) is 38.0 Å². The minimum absolute atomic E-state index is 0.362. The van der Waals surface area contributed by atoms with Crippen molar-refractivity contribution in [3.8, 4) is 5.75 Å². The van der Waals surface area contributed by atoms with E-state index in [-0.39, 0.29) is 0 Å². The first-order chi connectivity index (χ1) is 9.19. The Morgan fingerprint density at radius 2 is 1.95 bits per heavy atom. The first-order valence-corrected chi connectivity index (χ1v) is 6.59. The molecule has 0 bridgehead atoms. The molecular weight excluding hydrogens is 244 g/mol. The molecule has 0 atom stereocenters. The molecule has 0 aromatic carbocycles. The van der Waals surface area contributed by atoms with Gasteiger partial charge in [-0.1, -0.05) is 13.8 Å². The number of anilines is 2. The van der Waals surface area contributed by atoms with Crippen LogP contribution in [0.15, 0.2) is 6.33 Å². The molecule has 6 nitrogen and oxygen atoms in total. The zero-order chi connectivity index (χ0) is 14.3. The van der Waals surface area contributed by atoms with Crippen molar-refractivity contribution in [3.63, 3.8) is 0 Å². The molecule has 108 valence electrons. The molecule has 0 spiro atoms. The molecule has 1 aromatic heterocycles. The molecule has 1 aromatic rings. The highest BCUT2D eigenvalue weighted by molar-refractivity contribution is 5.63. The number of nitrogen functional groups attached to an aromatic ring is 1. The summed E-state index contributed by atoms with van der Waals surface area (Å²) in [6, 6.07) is 0.373. The van der Waals surface area contributed by atoms with Crippen molar-refractivity contribution in [1.29, 1.82) is 0 Å². The van der Waals surface area contributed by atoms with Gasteiger partial charge in [-0.3, -0.25) is 0 Å². The molecule has 0 amide bonds. The van der Waals surface area contributed by atoms with Gasteiger partial charge in [-0.15, -0.1) is 0 Å². The van der Waals surface area contributed by atoms with Crippen LogP contribution >= 0.6 is 0 Å². The lowest BCUT2D eigenvalue weighted by atomic mass is 10.1. The Morgan fingerprint density at radius 1 is 1.26 bits per heavy atom. The van der Waals surface area contributed by atoms with Crippen molar-refractivity contribution in [3.05, 3.63) is 6.33 Å². The van der Waals surface area contributed by atoms with Crippen molar-refractivity contribution in [1.82, 2.24) is 9.97 Å². The van der Waals surface area contributed by atoms with Gasteiger partial charge in [0, 0.05) is 19.7 Å². The summed E-state index contributed by atoms with van der Waals surface area (Å²) in [5.41, 5.74) is 5.85. The normalized spacial score (nSPS) is 10.8. The Hall–Kier alpha value is -1.56. The lowest BCUT2D eigenvalue weighted by Crippen LogP contribution is -2.38. The molecule has 0 saturated heterocycles. The highest BCUT2D eigenvalue weighted by Gasteiger charge is 2.22. The first kappa shape index (κ1) is 15.5. The van der Waals surface area contributed by atoms with E-state index < -0.39 is 0 Å². The van der Waals surface area contributed by atoms with Crippen molar-refractivity contribution in [2.45, 2.75) is 32.7 Å². The van der Waals surface area contributed by atoms with Crippen molar-refractivity contribution >= 4 is 11.6 Å². The molecule has 0 radical (unpaired) electrons. The van der Waals surface area contributed by atoms with Crippen molar-refractivity contribution in [2.24, 2.45) is 0 Å². The predicted octanol–water partition coefficient (Wildman–Crippen LogP) is 1.71. The van der Waals surface area contributed by atoms with E-state index in [9.17, 15) is 0 Å². The fraction of sp³-hybridized carbons (Fsp3) is 0.692. The second-order valence-electron chi connectivity index (χ2n) is 4.27. The fourth-order valence-electron chi connectivity index (χ4n) is 2.16. The molecule has 0 saturated carbocycles. The largest absolute Gasteiger partial charge is 0.490 e. The molecule has 0 aliphatic rings. The number of aromatic nitrogens is 2. The summed E-state index contributed by atoms with van der Waals surface area (Å²) >= 11 is 0. The van der Waals surface area contributed by atoms with E-state index in [1.54, 1.807) is 14.2 Å². The van der Waals surface area contributed by atoms with Crippen LogP contribution in [-0.4, -0.2) is 43.4 Å². The summed E-state index contributed by atoms with van der Waals surface area (Å²) in [5, 5.41) is 0. The van der Waals surface area contributed by atoms with Gasteiger partial charge in [0.1, 0.15) is 6.33 Å². The third-order valence-electron chi connectivity index (χ3n) is 3.21. The molecule has 0 unspecified atom stereocenters. The van der Waals surface area contributed by atoms with Crippen LogP contribution < -0.4 is 15.4 Å². The van der Waals surface area contributed by atoms with Gasteiger partial charge in [0.25, 0.3) is 0 Å². The fourth-order valence-corrected chi connectivity index (χ4v) is 2.16. The van der Waals surface area contributed by atoms with Gasteiger partial charge in [-0.2, -0.15) is 0 Å². The maximum absolute atomic E-state index is 5.85. The molecular formula is C13H24N4O2. The van der Waals surface area contributed by atoms with E-state index in [1.807, 2.05) is 0 Å². The standard InChI is InChI=1S/C13H24N4O2/c1-5-10(6-2)17(7-8-18-3)13-11(19-4)12(14)15-9-16-13/h9-10H,5-8H2,1-4H3,(H2,14,15,16). The number of nitrogens with two attached hydrogens (primary N) is 1. The highest BCUT2D eigenvalue weighted by Crippen LogP contribution is 2.32. The summed E-state index contributed by atoms with van der Waals surface area (Å²) < 4.78 is 10.5. The Kier molecular flexibility index (Phi) is 6.35. The lowest BCUT2D eigenvalue weighted by Gasteiger charge is -2.32. The Morgan fingerprint density at radius 3 is 2.47 bits per heavy atom. The van der Waals surface area contributed by atoms with Gasteiger partial charge in [0.2, 0.25) is 5.75 Å². The lowest BCUT2D eigenvalue weighted by molar-refractivity contribution is 0.202. The highest BCUT2D eigenvalue weighted by atomic mass is 16.5. The molecule has 0 aliphatic heterocycles. The average Bonchev–Trinajstić information content (AvgIpc) is 2.43. The average molecular weight is 268 g/mol. The zero-order valence-corrected chi connectivity index (χ0v) is 12.2. The van der Waals surface area contributed by atoms with Crippen LogP contribution in [0.1, 0.15) is 26.7 Å². The number of nitrogens with zero attached hydrogens (tertiary/aromatic N) is 3. The van der Waals surface area contributed by atoms with Gasteiger partial charge in [-0.25, -0.2) is 9.97 Å².